The van der Waals surface area contributed by atoms with Crippen molar-refractivity contribution in [1.82, 2.24) is 0 Å². The Hall–Kier alpha value is -1.70. The van der Waals surface area contributed by atoms with Gasteiger partial charge in [-0.3, -0.25) is 9.59 Å². The molecule has 7 nitrogen and oxygen atoms in total. The fourth-order valence-electron chi connectivity index (χ4n) is 6.20. The number of esters is 2. The van der Waals surface area contributed by atoms with Crippen LogP contribution in [0.15, 0.2) is 24.3 Å². The first-order valence-electron chi connectivity index (χ1n) is 14.4. The fourth-order valence-corrected chi connectivity index (χ4v) is 6.20. The normalized spacial score (nSPS) is 33.2. The number of hydrogen-bond acceptors (Lipinski definition) is 7. The maximum absolute atomic E-state index is 11.9. The number of ether oxygens (including phenoxy) is 4. The highest BCUT2D eigenvalue weighted by Gasteiger charge is 2.45. The molecule has 7 heteroatoms. The minimum absolute atomic E-state index is 0.00706. The molecule has 2 saturated carbocycles. The number of methoxy groups -OCH3 is 1. The lowest BCUT2D eigenvalue weighted by molar-refractivity contribution is -0.193. The SMILES string of the molecule is CCC1CCC([C@H](O)/C=C/[C@@H]2[C@@H](C/C=C\CCCC(=O)OC)[C@@H](OC(C)=O)C[C@H]2OC2CCCCO2)C1. The monoisotopic (exact) mass is 520 g/mol. The van der Waals surface area contributed by atoms with E-state index in [1.165, 1.54) is 26.9 Å². The van der Waals surface area contributed by atoms with Crippen LogP contribution in [0.5, 0.6) is 0 Å². The largest absolute Gasteiger partial charge is 0.469 e. The van der Waals surface area contributed by atoms with Crippen LogP contribution in [-0.4, -0.2) is 55.4 Å². The number of hydrogen-bond donors (Lipinski definition) is 1. The molecule has 0 radical (unpaired) electrons. The summed E-state index contributed by atoms with van der Waals surface area (Å²) in [5.74, 6) is 0.592. The topological polar surface area (TPSA) is 91.3 Å². The first-order valence-corrected chi connectivity index (χ1v) is 14.4. The molecule has 0 aromatic carbocycles. The van der Waals surface area contributed by atoms with Gasteiger partial charge >= 0.3 is 11.9 Å². The van der Waals surface area contributed by atoms with E-state index in [-0.39, 0.29) is 42.3 Å². The van der Waals surface area contributed by atoms with Crippen molar-refractivity contribution >= 4 is 11.9 Å². The van der Waals surface area contributed by atoms with Crippen LogP contribution in [0.1, 0.15) is 90.9 Å². The Labute approximate surface area is 222 Å². The minimum atomic E-state index is -0.467. The average molecular weight is 521 g/mol. The summed E-state index contributed by atoms with van der Waals surface area (Å²) in [4.78, 5) is 23.3. The van der Waals surface area contributed by atoms with Crippen molar-refractivity contribution in [3.63, 3.8) is 0 Å². The highest BCUT2D eigenvalue weighted by molar-refractivity contribution is 5.69. The van der Waals surface area contributed by atoms with Gasteiger partial charge in [0.1, 0.15) is 6.10 Å². The molecule has 0 aromatic heterocycles. The van der Waals surface area contributed by atoms with Crippen LogP contribution in [0, 0.1) is 23.7 Å². The molecule has 0 bridgehead atoms. The molecule has 3 unspecified atom stereocenters. The van der Waals surface area contributed by atoms with Gasteiger partial charge < -0.3 is 24.1 Å². The molecule has 0 aromatic rings. The van der Waals surface area contributed by atoms with E-state index in [1.807, 2.05) is 6.08 Å². The van der Waals surface area contributed by atoms with Crippen molar-refractivity contribution in [2.45, 2.75) is 115 Å². The molecule has 1 N–H and O–H groups in total. The molecular formula is C30H48O7. The lowest BCUT2D eigenvalue weighted by Crippen LogP contribution is -2.31. The molecule has 8 atom stereocenters. The van der Waals surface area contributed by atoms with Gasteiger partial charge in [0.15, 0.2) is 6.29 Å². The number of carbonyl (C=O) groups is 2. The van der Waals surface area contributed by atoms with E-state index >= 15 is 0 Å². The summed E-state index contributed by atoms with van der Waals surface area (Å²) in [5, 5.41) is 11.0. The molecule has 3 fully saturated rings. The van der Waals surface area contributed by atoms with Crippen LogP contribution in [0.25, 0.3) is 0 Å². The summed E-state index contributed by atoms with van der Waals surface area (Å²) in [6.07, 6.45) is 18.0. The minimum Gasteiger partial charge on any atom is -0.469 e. The Balaban J connectivity index is 1.70. The van der Waals surface area contributed by atoms with Gasteiger partial charge in [0.2, 0.25) is 0 Å². The van der Waals surface area contributed by atoms with Crippen LogP contribution in [-0.2, 0) is 28.5 Å². The second-order valence-electron chi connectivity index (χ2n) is 11.0. The van der Waals surface area contributed by atoms with Gasteiger partial charge in [0, 0.05) is 38.2 Å². The molecule has 1 heterocycles. The second kappa shape index (κ2) is 15.6. The van der Waals surface area contributed by atoms with Gasteiger partial charge in [-0.1, -0.05) is 44.1 Å². The maximum atomic E-state index is 11.9. The first kappa shape index (κ1) is 29.9. The Bertz CT molecular complexity index is 757. The van der Waals surface area contributed by atoms with E-state index in [2.05, 4.69) is 25.2 Å². The van der Waals surface area contributed by atoms with Crippen LogP contribution >= 0.6 is 0 Å². The van der Waals surface area contributed by atoms with Crippen LogP contribution in [0.4, 0.5) is 0 Å². The third-order valence-electron chi connectivity index (χ3n) is 8.37. The van der Waals surface area contributed by atoms with Crippen molar-refractivity contribution < 1.29 is 33.6 Å². The van der Waals surface area contributed by atoms with Gasteiger partial charge in [-0.15, -0.1) is 0 Å². The number of aliphatic hydroxyl groups excluding tert-OH is 1. The Kier molecular flexibility index (Phi) is 12.6. The number of carbonyl (C=O) groups excluding carboxylic acids is 2. The first-order chi connectivity index (χ1) is 17.9. The van der Waals surface area contributed by atoms with E-state index in [4.69, 9.17) is 18.9 Å². The van der Waals surface area contributed by atoms with Gasteiger partial charge in [-0.05, 0) is 63.2 Å². The zero-order valence-electron chi connectivity index (χ0n) is 23.0. The summed E-state index contributed by atoms with van der Waals surface area (Å²) in [6, 6.07) is 0. The number of aliphatic hydroxyl groups is 1. The molecule has 3 rings (SSSR count). The van der Waals surface area contributed by atoms with Crippen molar-refractivity contribution in [3.05, 3.63) is 24.3 Å². The standard InChI is InChI=1S/C30H48O7/c1-4-22-14-15-23(19-22)26(32)17-16-25-24(11-7-5-6-8-12-29(33)34-3)27(36-21(2)31)20-28(25)37-30-13-9-10-18-35-30/h5,7,16-17,22-28,30,32H,4,6,8-15,18-20H2,1-3H3/b7-5-,17-16+/t22?,23?,24-,25-,26-,27+,28-,30?/m1/s1. The highest BCUT2D eigenvalue weighted by Crippen LogP contribution is 2.42. The van der Waals surface area contributed by atoms with Gasteiger partial charge in [0.25, 0.3) is 0 Å². The third kappa shape index (κ3) is 9.52. The predicted octanol–water partition coefficient (Wildman–Crippen LogP) is 5.50. The molecular weight excluding hydrogens is 472 g/mol. The smallest absolute Gasteiger partial charge is 0.305 e. The zero-order valence-corrected chi connectivity index (χ0v) is 23.0. The summed E-state index contributed by atoms with van der Waals surface area (Å²) < 4.78 is 22.8. The Morgan fingerprint density at radius 1 is 1.11 bits per heavy atom. The summed E-state index contributed by atoms with van der Waals surface area (Å²) in [6.45, 7) is 4.39. The zero-order chi connectivity index (χ0) is 26.6. The summed E-state index contributed by atoms with van der Waals surface area (Å²) in [7, 11) is 1.41. The molecule has 210 valence electrons. The molecule has 3 aliphatic rings. The van der Waals surface area contributed by atoms with E-state index in [1.54, 1.807) is 0 Å². The highest BCUT2D eigenvalue weighted by atomic mass is 16.7. The molecule has 2 aliphatic carbocycles. The van der Waals surface area contributed by atoms with Crippen molar-refractivity contribution in [2.75, 3.05) is 13.7 Å². The quantitative estimate of drug-likeness (QED) is 0.195. The molecule has 37 heavy (non-hydrogen) atoms. The number of rotatable bonds is 13. The third-order valence-corrected chi connectivity index (χ3v) is 8.37. The average Bonchev–Trinajstić information content (AvgIpc) is 3.49. The predicted molar refractivity (Wildman–Crippen MR) is 142 cm³/mol. The van der Waals surface area contributed by atoms with Gasteiger partial charge in [0.05, 0.1) is 19.3 Å². The fraction of sp³-hybridized carbons (Fsp3) is 0.800. The Morgan fingerprint density at radius 3 is 2.62 bits per heavy atom. The molecule has 0 amide bonds. The van der Waals surface area contributed by atoms with Crippen LogP contribution in [0.2, 0.25) is 0 Å². The van der Waals surface area contributed by atoms with E-state index in [0.29, 0.717) is 31.3 Å². The van der Waals surface area contributed by atoms with Crippen molar-refractivity contribution in [1.29, 1.82) is 0 Å². The lowest BCUT2D eigenvalue weighted by atomic mass is 9.88. The number of allylic oxidation sites excluding steroid dienone is 2. The number of unbranched alkanes of at least 4 members (excludes halogenated alkanes) is 1. The molecule has 0 spiro atoms. The van der Waals surface area contributed by atoms with E-state index < -0.39 is 6.10 Å². The summed E-state index contributed by atoms with van der Waals surface area (Å²) in [5.41, 5.74) is 0. The van der Waals surface area contributed by atoms with Crippen LogP contribution in [0.3, 0.4) is 0 Å². The van der Waals surface area contributed by atoms with E-state index in [0.717, 1.165) is 51.4 Å². The Morgan fingerprint density at radius 2 is 1.95 bits per heavy atom. The van der Waals surface area contributed by atoms with Crippen LogP contribution < -0.4 is 0 Å². The molecule has 1 aliphatic heterocycles. The van der Waals surface area contributed by atoms with Gasteiger partial charge in [-0.2, -0.15) is 0 Å². The van der Waals surface area contributed by atoms with Crippen molar-refractivity contribution in [2.24, 2.45) is 23.7 Å². The van der Waals surface area contributed by atoms with Crippen molar-refractivity contribution in [3.8, 4) is 0 Å². The lowest BCUT2D eigenvalue weighted by Gasteiger charge is -2.29. The maximum Gasteiger partial charge on any atom is 0.305 e. The van der Waals surface area contributed by atoms with E-state index in [9.17, 15) is 14.7 Å². The summed E-state index contributed by atoms with van der Waals surface area (Å²) >= 11 is 0. The molecule has 1 saturated heterocycles. The second-order valence-corrected chi connectivity index (χ2v) is 11.0. The van der Waals surface area contributed by atoms with Gasteiger partial charge in [-0.25, -0.2) is 0 Å².